The molecule has 1 saturated heterocycles. The number of likely N-dealkylation sites (tertiary alicyclic amines) is 1. The summed E-state index contributed by atoms with van der Waals surface area (Å²) in [5.41, 5.74) is 1.21. The average Bonchev–Trinajstić information content (AvgIpc) is 2.90. The van der Waals surface area contributed by atoms with Crippen LogP contribution < -0.4 is 5.32 Å². The Morgan fingerprint density at radius 2 is 1.91 bits per heavy atom. The van der Waals surface area contributed by atoms with E-state index in [1.54, 1.807) is 0 Å². The molecule has 5 nitrogen and oxygen atoms in total. The van der Waals surface area contributed by atoms with E-state index in [4.69, 9.17) is 0 Å². The molecule has 2 rings (SSSR count). The predicted molar refractivity (Wildman–Crippen MR) is 92.0 cm³/mol. The molecule has 0 radical (unpaired) electrons. The minimum Gasteiger partial charge on any atom is -0.354 e. The predicted octanol–water partition coefficient (Wildman–Crippen LogP) is 2.46. The monoisotopic (exact) mass is 305 g/mol. The molecule has 124 valence electrons. The molecule has 1 aromatic heterocycles. The van der Waals surface area contributed by atoms with E-state index in [9.17, 15) is 0 Å². The van der Waals surface area contributed by atoms with Crippen LogP contribution >= 0.6 is 0 Å². The Balaban J connectivity index is 1.90. The summed E-state index contributed by atoms with van der Waals surface area (Å²) >= 11 is 0. The van der Waals surface area contributed by atoms with Crippen LogP contribution in [0, 0.1) is 5.92 Å². The van der Waals surface area contributed by atoms with Crippen LogP contribution in [0.25, 0.3) is 0 Å². The zero-order valence-corrected chi connectivity index (χ0v) is 14.5. The van der Waals surface area contributed by atoms with Crippen molar-refractivity contribution in [2.24, 2.45) is 5.92 Å². The molecular weight excluding hydrogens is 274 g/mol. The third-order valence-corrected chi connectivity index (χ3v) is 4.45. The van der Waals surface area contributed by atoms with Crippen LogP contribution in [-0.2, 0) is 6.54 Å². The Morgan fingerprint density at radius 1 is 1.18 bits per heavy atom. The number of likely N-dealkylation sites (N-methyl/N-ethyl adjacent to an activating group) is 1. The summed E-state index contributed by atoms with van der Waals surface area (Å²) in [6, 6.07) is 0.673. The van der Waals surface area contributed by atoms with Gasteiger partial charge in [0.2, 0.25) is 5.95 Å². The van der Waals surface area contributed by atoms with Gasteiger partial charge in [-0.25, -0.2) is 9.97 Å². The fourth-order valence-corrected chi connectivity index (χ4v) is 3.33. The topological polar surface area (TPSA) is 44.3 Å². The molecule has 2 atom stereocenters. The first-order valence-corrected chi connectivity index (χ1v) is 8.57. The summed E-state index contributed by atoms with van der Waals surface area (Å²) in [5, 5.41) is 3.22. The lowest BCUT2D eigenvalue weighted by Crippen LogP contribution is -2.35. The van der Waals surface area contributed by atoms with Gasteiger partial charge in [-0.15, -0.1) is 0 Å². The number of nitrogens with one attached hydrogen (secondary N) is 1. The van der Waals surface area contributed by atoms with E-state index in [1.165, 1.54) is 24.9 Å². The second kappa shape index (κ2) is 8.44. The molecule has 0 aromatic carbocycles. The minimum absolute atomic E-state index is 0.673. The number of hydrogen-bond donors (Lipinski definition) is 1. The van der Waals surface area contributed by atoms with Crippen LogP contribution in [0.4, 0.5) is 5.95 Å². The number of aromatic nitrogens is 2. The van der Waals surface area contributed by atoms with Crippen molar-refractivity contribution in [3.63, 3.8) is 0 Å². The zero-order valence-electron chi connectivity index (χ0n) is 14.5. The number of anilines is 1. The highest BCUT2D eigenvalue weighted by Crippen LogP contribution is 2.25. The Hall–Kier alpha value is -1.20. The number of rotatable bonds is 8. The third kappa shape index (κ3) is 4.65. The van der Waals surface area contributed by atoms with Crippen molar-refractivity contribution < 1.29 is 0 Å². The molecule has 0 saturated carbocycles. The van der Waals surface area contributed by atoms with E-state index < -0.39 is 0 Å². The van der Waals surface area contributed by atoms with Gasteiger partial charge in [0, 0.05) is 50.2 Å². The van der Waals surface area contributed by atoms with E-state index in [-0.39, 0.29) is 0 Å². The maximum absolute atomic E-state index is 4.41. The molecule has 0 unspecified atom stereocenters. The lowest BCUT2D eigenvalue weighted by Gasteiger charge is -2.24. The van der Waals surface area contributed by atoms with Crippen molar-refractivity contribution >= 4 is 5.95 Å². The molecular formula is C17H31N5. The molecule has 1 fully saturated rings. The van der Waals surface area contributed by atoms with Crippen molar-refractivity contribution in [1.29, 1.82) is 0 Å². The average molecular weight is 305 g/mol. The second-order valence-corrected chi connectivity index (χ2v) is 6.62. The van der Waals surface area contributed by atoms with E-state index in [2.05, 4.69) is 53.0 Å². The van der Waals surface area contributed by atoms with E-state index in [0.29, 0.717) is 6.04 Å². The van der Waals surface area contributed by atoms with E-state index >= 15 is 0 Å². The molecule has 2 heterocycles. The standard InChI is InChI=1S/C17H31N5/c1-5-7-15-12-22(13-16(15)21(3)4)11-14-9-19-17(20-10-14)18-8-6-2/h9-10,15-16H,5-8,11-13H2,1-4H3,(H,18,19,20)/t15-,16-/m1/s1. The molecule has 0 bridgehead atoms. The van der Waals surface area contributed by atoms with Crippen molar-refractivity contribution in [2.75, 3.05) is 39.0 Å². The van der Waals surface area contributed by atoms with E-state index in [1.807, 2.05) is 12.4 Å². The summed E-state index contributed by atoms with van der Waals surface area (Å²) in [7, 11) is 4.41. The van der Waals surface area contributed by atoms with Crippen molar-refractivity contribution in [2.45, 2.75) is 45.7 Å². The van der Waals surface area contributed by atoms with Gasteiger partial charge in [-0.1, -0.05) is 20.3 Å². The second-order valence-electron chi connectivity index (χ2n) is 6.62. The first-order valence-electron chi connectivity index (χ1n) is 8.57. The van der Waals surface area contributed by atoms with Crippen molar-refractivity contribution in [1.82, 2.24) is 19.8 Å². The Kier molecular flexibility index (Phi) is 6.58. The Labute approximate surface area is 135 Å². The molecule has 1 aromatic rings. The zero-order chi connectivity index (χ0) is 15.9. The van der Waals surface area contributed by atoms with Gasteiger partial charge >= 0.3 is 0 Å². The molecule has 5 heteroatoms. The summed E-state index contributed by atoms with van der Waals surface area (Å²) in [6.45, 7) is 8.64. The first kappa shape index (κ1) is 17.2. The highest BCUT2D eigenvalue weighted by atomic mass is 15.2. The highest BCUT2D eigenvalue weighted by molar-refractivity contribution is 5.24. The summed E-state index contributed by atoms with van der Waals surface area (Å²) < 4.78 is 0. The molecule has 22 heavy (non-hydrogen) atoms. The van der Waals surface area contributed by atoms with Gasteiger partial charge in [0.05, 0.1) is 0 Å². The van der Waals surface area contributed by atoms with Gasteiger partial charge in [0.15, 0.2) is 0 Å². The van der Waals surface area contributed by atoms with Crippen LogP contribution in [0.3, 0.4) is 0 Å². The van der Waals surface area contributed by atoms with Gasteiger partial charge in [-0.3, -0.25) is 4.90 Å². The van der Waals surface area contributed by atoms with E-state index in [0.717, 1.165) is 37.9 Å². The van der Waals surface area contributed by atoms with Crippen LogP contribution in [0.5, 0.6) is 0 Å². The van der Waals surface area contributed by atoms with Gasteiger partial charge in [-0.2, -0.15) is 0 Å². The summed E-state index contributed by atoms with van der Waals surface area (Å²) in [4.78, 5) is 13.7. The van der Waals surface area contributed by atoms with Crippen molar-refractivity contribution in [3.8, 4) is 0 Å². The highest BCUT2D eigenvalue weighted by Gasteiger charge is 2.33. The van der Waals surface area contributed by atoms with Crippen LogP contribution in [-0.4, -0.2) is 59.5 Å². The van der Waals surface area contributed by atoms with Gasteiger partial charge < -0.3 is 10.2 Å². The van der Waals surface area contributed by atoms with Gasteiger partial charge in [0.25, 0.3) is 0 Å². The molecule has 1 aliphatic heterocycles. The third-order valence-electron chi connectivity index (χ3n) is 4.45. The largest absolute Gasteiger partial charge is 0.354 e. The smallest absolute Gasteiger partial charge is 0.222 e. The summed E-state index contributed by atoms with van der Waals surface area (Å²) in [5.74, 6) is 1.52. The quantitative estimate of drug-likeness (QED) is 0.799. The molecule has 1 N–H and O–H groups in total. The van der Waals surface area contributed by atoms with Crippen LogP contribution in [0.2, 0.25) is 0 Å². The summed E-state index contributed by atoms with van der Waals surface area (Å²) in [6.07, 6.45) is 7.59. The fraction of sp³-hybridized carbons (Fsp3) is 0.765. The number of hydrogen-bond acceptors (Lipinski definition) is 5. The maximum Gasteiger partial charge on any atom is 0.222 e. The lowest BCUT2D eigenvalue weighted by atomic mass is 9.98. The van der Waals surface area contributed by atoms with Crippen LogP contribution in [0.15, 0.2) is 12.4 Å². The van der Waals surface area contributed by atoms with Crippen LogP contribution in [0.1, 0.15) is 38.7 Å². The molecule has 0 spiro atoms. The molecule has 1 aliphatic rings. The molecule has 0 amide bonds. The normalized spacial score (nSPS) is 22.4. The number of nitrogens with zero attached hydrogens (tertiary/aromatic N) is 4. The minimum atomic E-state index is 0.673. The lowest BCUT2D eigenvalue weighted by molar-refractivity contribution is 0.238. The SMILES string of the molecule is CCCNc1ncc(CN2C[C@@H](CCC)[C@H](N(C)C)C2)cn1. The maximum atomic E-state index is 4.41. The fourth-order valence-electron chi connectivity index (χ4n) is 3.33. The van der Waals surface area contributed by atoms with Gasteiger partial charge in [-0.05, 0) is 32.9 Å². The Bertz CT molecular complexity index is 431. The molecule has 0 aliphatic carbocycles. The first-order chi connectivity index (χ1) is 10.6. The van der Waals surface area contributed by atoms with Gasteiger partial charge in [0.1, 0.15) is 0 Å². The Morgan fingerprint density at radius 3 is 2.50 bits per heavy atom. The van der Waals surface area contributed by atoms with Crippen molar-refractivity contribution in [3.05, 3.63) is 18.0 Å².